The first-order valence-electron chi connectivity index (χ1n) is 5.97. The monoisotopic (exact) mass is 225 g/mol. The van der Waals surface area contributed by atoms with E-state index in [4.69, 9.17) is 0 Å². The summed E-state index contributed by atoms with van der Waals surface area (Å²) < 4.78 is 0. The molecule has 3 N–H and O–H groups in total. The van der Waals surface area contributed by atoms with Crippen molar-refractivity contribution in [1.29, 1.82) is 0 Å². The fraction of sp³-hybridized carbons (Fsp3) is 0.818. The van der Waals surface area contributed by atoms with Crippen LogP contribution in [0, 0.1) is 5.92 Å². The number of hydrogen-bond donors (Lipinski definition) is 3. The van der Waals surface area contributed by atoms with Gasteiger partial charge in [-0.05, 0) is 18.8 Å². The van der Waals surface area contributed by atoms with Crippen LogP contribution in [0.4, 0.5) is 0 Å². The Balaban J connectivity index is 1.81. The van der Waals surface area contributed by atoms with Crippen LogP contribution in [-0.2, 0) is 9.59 Å². The minimum Gasteiger partial charge on any atom is -0.353 e. The molecule has 0 aromatic carbocycles. The van der Waals surface area contributed by atoms with E-state index in [1.165, 1.54) is 12.8 Å². The molecule has 1 saturated heterocycles. The normalized spacial score (nSPS) is 34.6. The molecule has 0 bridgehead atoms. The van der Waals surface area contributed by atoms with Gasteiger partial charge in [0.2, 0.25) is 11.8 Å². The Kier molecular flexibility index (Phi) is 3.43. The van der Waals surface area contributed by atoms with Crippen LogP contribution in [0.3, 0.4) is 0 Å². The number of carbonyl (C=O) groups excluding carboxylic acids is 2. The van der Waals surface area contributed by atoms with Gasteiger partial charge in [-0.3, -0.25) is 14.9 Å². The van der Waals surface area contributed by atoms with E-state index >= 15 is 0 Å². The van der Waals surface area contributed by atoms with Crippen molar-refractivity contribution in [2.45, 2.75) is 38.3 Å². The highest BCUT2D eigenvalue weighted by Gasteiger charge is 2.29. The summed E-state index contributed by atoms with van der Waals surface area (Å²) in [5, 5.41) is 8.68. The van der Waals surface area contributed by atoms with Crippen molar-refractivity contribution in [2.75, 3.05) is 13.1 Å². The maximum absolute atomic E-state index is 11.9. The fourth-order valence-electron chi connectivity index (χ4n) is 2.40. The van der Waals surface area contributed by atoms with E-state index in [1.807, 2.05) is 0 Å². The molecule has 1 heterocycles. The number of hydrogen-bond acceptors (Lipinski definition) is 3. The first kappa shape index (κ1) is 11.4. The molecule has 5 heteroatoms. The van der Waals surface area contributed by atoms with E-state index in [0.717, 1.165) is 6.42 Å². The number of piperazine rings is 1. The number of carbonyl (C=O) groups is 2. The molecule has 2 fully saturated rings. The predicted molar refractivity (Wildman–Crippen MR) is 59.7 cm³/mol. The van der Waals surface area contributed by atoms with Gasteiger partial charge in [0.15, 0.2) is 0 Å². The van der Waals surface area contributed by atoms with Crippen LogP contribution in [0.25, 0.3) is 0 Å². The summed E-state index contributed by atoms with van der Waals surface area (Å²) in [4.78, 5) is 22.8. The van der Waals surface area contributed by atoms with Crippen LogP contribution in [0.5, 0.6) is 0 Å². The highest BCUT2D eigenvalue weighted by atomic mass is 16.2. The molecule has 3 atom stereocenters. The summed E-state index contributed by atoms with van der Waals surface area (Å²) >= 11 is 0. The van der Waals surface area contributed by atoms with Crippen LogP contribution < -0.4 is 16.0 Å². The van der Waals surface area contributed by atoms with Crippen LogP contribution in [0.2, 0.25) is 0 Å². The van der Waals surface area contributed by atoms with Gasteiger partial charge >= 0.3 is 0 Å². The second-order valence-corrected chi connectivity index (χ2v) is 4.76. The molecule has 0 spiro atoms. The summed E-state index contributed by atoms with van der Waals surface area (Å²) in [6.07, 6.45) is 3.46. The molecular formula is C11H19N3O2. The Morgan fingerprint density at radius 1 is 1.44 bits per heavy atom. The summed E-state index contributed by atoms with van der Waals surface area (Å²) in [5.41, 5.74) is 0. The lowest BCUT2D eigenvalue weighted by molar-refractivity contribution is -0.127. The molecule has 16 heavy (non-hydrogen) atoms. The van der Waals surface area contributed by atoms with Gasteiger partial charge in [0, 0.05) is 12.6 Å². The molecule has 0 radical (unpaired) electrons. The molecule has 0 aromatic rings. The molecular weight excluding hydrogens is 206 g/mol. The predicted octanol–water partition coefficient (Wildman–Crippen LogP) is -0.621. The van der Waals surface area contributed by atoms with Gasteiger partial charge in [-0.2, -0.15) is 0 Å². The van der Waals surface area contributed by atoms with Gasteiger partial charge < -0.3 is 10.6 Å². The Hall–Kier alpha value is -1.10. The van der Waals surface area contributed by atoms with Gasteiger partial charge in [-0.25, -0.2) is 0 Å². The topological polar surface area (TPSA) is 70.2 Å². The third kappa shape index (κ3) is 2.52. The van der Waals surface area contributed by atoms with Gasteiger partial charge in [0.1, 0.15) is 6.04 Å². The minimum absolute atomic E-state index is 0.0127. The second kappa shape index (κ2) is 4.82. The van der Waals surface area contributed by atoms with Crippen molar-refractivity contribution in [2.24, 2.45) is 5.92 Å². The highest BCUT2D eigenvalue weighted by Crippen LogP contribution is 2.24. The summed E-state index contributed by atoms with van der Waals surface area (Å²) in [7, 11) is 0. The van der Waals surface area contributed by atoms with E-state index < -0.39 is 0 Å². The summed E-state index contributed by atoms with van der Waals surface area (Å²) in [6.45, 7) is 2.80. The van der Waals surface area contributed by atoms with Crippen LogP contribution in [0.1, 0.15) is 26.2 Å². The van der Waals surface area contributed by atoms with E-state index in [-0.39, 0.29) is 24.4 Å². The van der Waals surface area contributed by atoms with E-state index in [1.54, 1.807) is 0 Å². The Labute approximate surface area is 95.3 Å². The third-order valence-corrected chi connectivity index (χ3v) is 3.52. The smallest absolute Gasteiger partial charge is 0.239 e. The number of rotatable bonds is 2. The third-order valence-electron chi connectivity index (χ3n) is 3.52. The van der Waals surface area contributed by atoms with Gasteiger partial charge in [0.25, 0.3) is 0 Å². The zero-order valence-electron chi connectivity index (χ0n) is 9.58. The molecule has 1 aliphatic carbocycles. The molecule has 2 aliphatic rings. The lowest BCUT2D eigenvalue weighted by Crippen LogP contribution is -2.59. The molecule has 1 aliphatic heterocycles. The molecule has 0 aromatic heterocycles. The largest absolute Gasteiger partial charge is 0.353 e. The van der Waals surface area contributed by atoms with Crippen LogP contribution in [0.15, 0.2) is 0 Å². The molecule has 2 amide bonds. The van der Waals surface area contributed by atoms with Crippen molar-refractivity contribution < 1.29 is 9.59 Å². The first-order valence-corrected chi connectivity index (χ1v) is 5.97. The molecule has 1 saturated carbocycles. The SMILES string of the molecule is CC1CCCC1NC(=O)C1CNC(=O)CN1. The maximum atomic E-state index is 11.9. The minimum atomic E-state index is -0.273. The average Bonchev–Trinajstić information content (AvgIpc) is 2.65. The van der Waals surface area contributed by atoms with E-state index in [2.05, 4.69) is 22.9 Å². The number of amides is 2. The average molecular weight is 225 g/mol. The van der Waals surface area contributed by atoms with Crippen molar-refractivity contribution in [1.82, 2.24) is 16.0 Å². The van der Waals surface area contributed by atoms with Gasteiger partial charge in [0.05, 0.1) is 6.54 Å². The van der Waals surface area contributed by atoms with E-state index in [0.29, 0.717) is 18.5 Å². The zero-order valence-corrected chi connectivity index (χ0v) is 9.58. The zero-order chi connectivity index (χ0) is 11.5. The lowest BCUT2D eigenvalue weighted by Gasteiger charge is -2.26. The second-order valence-electron chi connectivity index (χ2n) is 4.76. The summed E-state index contributed by atoms with van der Waals surface area (Å²) in [6, 6.07) is 0.0393. The summed E-state index contributed by atoms with van der Waals surface area (Å²) in [5.74, 6) is 0.541. The Morgan fingerprint density at radius 3 is 2.81 bits per heavy atom. The standard InChI is InChI=1S/C11H19N3O2/c1-7-3-2-4-8(7)14-11(16)9-5-13-10(15)6-12-9/h7-9,12H,2-6H2,1H3,(H,13,15)(H,14,16). The first-order chi connectivity index (χ1) is 7.66. The Morgan fingerprint density at radius 2 is 2.25 bits per heavy atom. The van der Waals surface area contributed by atoms with Gasteiger partial charge in [-0.1, -0.05) is 13.3 Å². The van der Waals surface area contributed by atoms with Crippen molar-refractivity contribution >= 4 is 11.8 Å². The molecule has 2 rings (SSSR count). The fourth-order valence-corrected chi connectivity index (χ4v) is 2.40. The quantitative estimate of drug-likeness (QED) is 0.586. The molecule has 3 unspecified atom stereocenters. The van der Waals surface area contributed by atoms with Crippen LogP contribution in [-0.4, -0.2) is 37.0 Å². The van der Waals surface area contributed by atoms with Gasteiger partial charge in [-0.15, -0.1) is 0 Å². The van der Waals surface area contributed by atoms with Crippen LogP contribution >= 0.6 is 0 Å². The van der Waals surface area contributed by atoms with E-state index in [9.17, 15) is 9.59 Å². The molecule has 5 nitrogen and oxygen atoms in total. The Bertz CT molecular complexity index is 283. The highest BCUT2D eigenvalue weighted by molar-refractivity contribution is 5.86. The number of nitrogens with one attached hydrogen (secondary N) is 3. The van der Waals surface area contributed by atoms with Crippen molar-refractivity contribution in [3.63, 3.8) is 0 Å². The maximum Gasteiger partial charge on any atom is 0.239 e. The van der Waals surface area contributed by atoms with Crippen molar-refractivity contribution in [3.05, 3.63) is 0 Å². The van der Waals surface area contributed by atoms with Crippen molar-refractivity contribution in [3.8, 4) is 0 Å². The lowest BCUT2D eigenvalue weighted by atomic mass is 10.1. The molecule has 90 valence electrons.